The van der Waals surface area contributed by atoms with Crippen molar-refractivity contribution in [1.29, 1.82) is 0 Å². The van der Waals surface area contributed by atoms with E-state index in [0.717, 1.165) is 16.7 Å². The van der Waals surface area contributed by atoms with Crippen molar-refractivity contribution in [3.63, 3.8) is 0 Å². The Labute approximate surface area is 173 Å². The first-order valence-electron chi connectivity index (χ1n) is 9.24. The van der Waals surface area contributed by atoms with Gasteiger partial charge in [0.05, 0.1) is 12.0 Å². The molecule has 4 N–H and O–H groups in total. The molecule has 1 aliphatic heterocycles. The molecule has 12 heteroatoms. The van der Waals surface area contributed by atoms with Gasteiger partial charge in [-0.05, 0) is 24.6 Å². The zero-order valence-corrected chi connectivity index (χ0v) is 16.2. The van der Waals surface area contributed by atoms with Crippen LogP contribution in [0.25, 0.3) is 0 Å². The highest BCUT2D eigenvalue weighted by molar-refractivity contribution is 5.78. The molecular weight excluding hydrogens is 423 g/mol. The van der Waals surface area contributed by atoms with Gasteiger partial charge < -0.3 is 20.3 Å². The van der Waals surface area contributed by atoms with Crippen LogP contribution in [0.4, 0.5) is 13.2 Å². The standard InChI is InChI=1S/C19H20F3N3O6/c1-9-8-25(18(30)24-16(9)29)17-15(28)14(27)12(31-17)7-23-13(26)6-10-2-4-11(5-3-10)19(20,21)22/h2-5,8,12,14-15,17,27-28H,6-7H2,1H3,(H,23,26)(H,24,29,30)/t12-,14?,15?,17-/m1/s1. The highest BCUT2D eigenvalue weighted by atomic mass is 19.4. The molecule has 0 aliphatic carbocycles. The first-order chi connectivity index (χ1) is 14.5. The van der Waals surface area contributed by atoms with E-state index in [0.29, 0.717) is 5.56 Å². The number of nitrogens with zero attached hydrogens (tertiary/aromatic N) is 1. The first kappa shape index (κ1) is 22.7. The molecule has 1 amide bonds. The van der Waals surface area contributed by atoms with E-state index < -0.39 is 53.4 Å². The van der Waals surface area contributed by atoms with E-state index in [-0.39, 0.29) is 18.5 Å². The zero-order valence-electron chi connectivity index (χ0n) is 16.2. The van der Waals surface area contributed by atoms with Crippen molar-refractivity contribution in [3.05, 3.63) is 68.0 Å². The number of carbonyl (C=O) groups is 1. The number of amides is 1. The van der Waals surface area contributed by atoms with Gasteiger partial charge in [0.25, 0.3) is 5.56 Å². The van der Waals surface area contributed by atoms with Crippen molar-refractivity contribution >= 4 is 5.91 Å². The molecule has 0 spiro atoms. The summed E-state index contributed by atoms with van der Waals surface area (Å²) in [5.41, 5.74) is -1.71. The molecule has 2 unspecified atom stereocenters. The van der Waals surface area contributed by atoms with Crippen LogP contribution in [0, 0.1) is 6.92 Å². The van der Waals surface area contributed by atoms with Crippen molar-refractivity contribution in [2.24, 2.45) is 0 Å². The summed E-state index contributed by atoms with van der Waals surface area (Å²) in [6.45, 7) is 1.23. The summed E-state index contributed by atoms with van der Waals surface area (Å²) in [7, 11) is 0. The minimum absolute atomic E-state index is 0.193. The number of hydrogen-bond donors (Lipinski definition) is 4. The van der Waals surface area contributed by atoms with Gasteiger partial charge in [-0.15, -0.1) is 0 Å². The van der Waals surface area contributed by atoms with Crippen LogP contribution in [-0.4, -0.2) is 50.5 Å². The number of nitrogens with one attached hydrogen (secondary N) is 2. The van der Waals surface area contributed by atoms with Crippen LogP contribution in [-0.2, 0) is 22.1 Å². The number of rotatable bonds is 5. The smallest absolute Gasteiger partial charge is 0.387 e. The minimum atomic E-state index is -4.47. The maximum atomic E-state index is 12.6. The number of aliphatic hydroxyl groups is 2. The molecule has 31 heavy (non-hydrogen) atoms. The Morgan fingerprint density at radius 2 is 1.84 bits per heavy atom. The largest absolute Gasteiger partial charge is 0.416 e. The maximum absolute atomic E-state index is 12.6. The van der Waals surface area contributed by atoms with Gasteiger partial charge in [0.15, 0.2) is 6.23 Å². The first-order valence-corrected chi connectivity index (χ1v) is 9.24. The Morgan fingerprint density at radius 3 is 2.45 bits per heavy atom. The van der Waals surface area contributed by atoms with E-state index in [1.54, 1.807) is 0 Å². The molecule has 2 heterocycles. The second kappa shape index (κ2) is 8.65. The molecule has 1 aromatic heterocycles. The SMILES string of the molecule is Cc1cn([C@@H]2O[C@H](CNC(=O)Cc3ccc(C(F)(F)F)cc3)C(O)C2O)c(=O)[nH]c1=O. The number of aromatic nitrogens is 2. The highest BCUT2D eigenvalue weighted by Gasteiger charge is 2.44. The molecule has 4 atom stereocenters. The van der Waals surface area contributed by atoms with Crippen LogP contribution in [0.15, 0.2) is 40.1 Å². The van der Waals surface area contributed by atoms with Crippen molar-refractivity contribution < 1.29 is 32.9 Å². The fraction of sp³-hybridized carbons (Fsp3) is 0.421. The number of aliphatic hydroxyl groups excluding tert-OH is 2. The third kappa shape index (κ3) is 5.03. The third-order valence-electron chi connectivity index (χ3n) is 4.90. The van der Waals surface area contributed by atoms with Crippen molar-refractivity contribution in [1.82, 2.24) is 14.9 Å². The number of alkyl halides is 3. The molecular formula is C19H20F3N3O6. The second-order valence-corrected chi connectivity index (χ2v) is 7.20. The fourth-order valence-electron chi connectivity index (χ4n) is 3.18. The quantitative estimate of drug-likeness (QED) is 0.508. The Balaban J connectivity index is 1.60. The molecule has 0 radical (unpaired) electrons. The molecule has 2 aromatic rings. The average molecular weight is 443 g/mol. The molecule has 1 saturated heterocycles. The van der Waals surface area contributed by atoms with Crippen LogP contribution in [0.3, 0.4) is 0 Å². The molecule has 168 valence electrons. The minimum Gasteiger partial charge on any atom is -0.387 e. The van der Waals surface area contributed by atoms with Gasteiger partial charge in [0.2, 0.25) is 5.91 Å². The van der Waals surface area contributed by atoms with Crippen LogP contribution in [0.1, 0.15) is 22.9 Å². The van der Waals surface area contributed by atoms with Gasteiger partial charge in [0, 0.05) is 18.3 Å². The third-order valence-corrected chi connectivity index (χ3v) is 4.90. The number of hydrogen-bond acceptors (Lipinski definition) is 6. The summed E-state index contributed by atoms with van der Waals surface area (Å²) in [6, 6.07) is 4.12. The lowest BCUT2D eigenvalue weighted by atomic mass is 10.1. The summed E-state index contributed by atoms with van der Waals surface area (Å²) < 4.78 is 44.2. The number of aromatic amines is 1. The van der Waals surface area contributed by atoms with Crippen molar-refractivity contribution in [2.75, 3.05) is 6.54 Å². The van der Waals surface area contributed by atoms with E-state index in [4.69, 9.17) is 4.74 Å². The normalized spacial score (nSPS) is 23.7. The number of H-pyrrole nitrogens is 1. The molecule has 0 saturated carbocycles. The summed E-state index contributed by atoms with van der Waals surface area (Å²) in [5.74, 6) is -0.537. The Kier molecular flexibility index (Phi) is 6.34. The lowest BCUT2D eigenvalue weighted by Gasteiger charge is -2.17. The Bertz CT molecular complexity index is 1060. The summed E-state index contributed by atoms with van der Waals surface area (Å²) in [5, 5.41) is 22.9. The highest BCUT2D eigenvalue weighted by Crippen LogP contribution is 2.29. The molecule has 0 bridgehead atoms. The number of aryl methyl sites for hydroxylation is 1. The van der Waals surface area contributed by atoms with E-state index in [2.05, 4.69) is 10.3 Å². The number of ether oxygens (including phenoxy) is 1. The number of benzene rings is 1. The predicted octanol–water partition coefficient (Wildman–Crippen LogP) is -0.158. The molecule has 3 rings (SSSR count). The fourth-order valence-corrected chi connectivity index (χ4v) is 3.18. The second-order valence-electron chi connectivity index (χ2n) is 7.20. The van der Waals surface area contributed by atoms with Gasteiger partial charge >= 0.3 is 11.9 Å². The molecule has 1 aliphatic rings. The average Bonchev–Trinajstić information content (AvgIpc) is 2.97. The van der Waals surface area contributed by atoms with Gasteiger partial charge in [0.1, 0.15) is 18.3 Å². The van der Waals surface area contributed by atoms with Gasteiger partial charge in [-0.2, -0.15) is 13.2 Å². The maximum Gasteiger partial charge on any atom is 0.416 e. The van der Waals surface area contributed by atoms with Gasteiger partial charge in [-0.25, -0.2) is 4.79 Å². The monoisotopic (exact) mass is 443 g/mol. The van der Waals surface area contributed by atoms with Crippen molar-refractivity contribution in [2.45, 2.75) is 44.1 Å². The summed E-state index contributed by atoms with van der Waals surface area (Å²) in [4.78, 5) is 37.6. The molecule has 1 fully saturated rings. The lowest BCUT2D eigenvalue weighted by Crippen LogP contribution is -2.40. The van der Waals surface area contributed by atoms with Crippen LogP contribution in [0.2, 0.25) is 0 Å². The van der Waals surface area contributed by atoms with Gasteiger partial charge in [-0.3, -0.25) is 19.1 Å². The zero-order chi connectivity index (χ0) is 22.9. The van der Waals surface area contributed by atoms with Crippen molar-refractivity contribution in [3.8, 4) is 0 Å². The number of halogens is 3. The Morgan fingerprint density at radius 1 is 1.19 bits per heavy atom. The van der Waals surface area contributed by atoms with Crippen LogP contribution < -0.4 is 16.6 Å². The summed E-state index contributed by atoms with van der Waals surface area (Å²) in [6.07, 6.45) is -8.76. The summed E-state index contributed by atoms with van der Waals surface area (Å²) >= 11 is 0. The van der Waals surface area contributed by atoms with Crippen LogP contribution >= 0.6 is 0 Å². The van der Waals surface area contributed by atoms with E-state index in [1.165, 1.54) is 25.3 Å². The molecule has 9 nitrogen and oxygen atoms in total. The topological polar surface area (TPSA) is 134 Å². The van der Waals surface area contributed by atoms with E-state index in [1.807, 2.05) is 0 Å². The van der Waals surface area contributed by atoms with E-state index >= 15 is 0 Å². The predicted molar refractivity (Wildman–Crippen MR) is 100 cm³/mol. The number of carbonyl (C=O) groups excluding carboxylic acids is 1. The van der Waals surface area contributed by atoms with E-state index in [9.17, 15) is 37.8 Å². The lowest BCUT2D eigenvalue weighted by molar-refractivity contribution is -0.137. The van der Waals surface area contributed by atoms with Gasteiger partial charge in [-0.1, -0.05) is 12.1 Å². The molecule has 1 aromatic carbocycles. The van der Waals surface area contributed by atoms with Crippen LogP contribution in [0.5, 0.6) is 0 Å². The Hall–Kier alpha value is -2.96.